The third kappa shape index (κ3) is 6.79. The van der Waals surface area contributed by atoms with Crippen molar-refractivity contribution in [2.75, 3.05) is 24.1 Å². The van der Waals surface area contributed by atoms with Gasteiger partial charge in [0.05, 0.1) is 21.6 Å². The Labute approximate surface area is 236 Å². The zero-order valence-corrected chi connectivity index (χ0v) is 24.2. The molecule has 0 amide bonds. The van der Waals surface area contributed by atoms with Gasteiger partial charge in [0.2, 0.25) is 11.2 Å². The number of aldehydes is 1. The van der Waals surface area contributed by atoms with E-state index < -0.39 is 11.2 Å². The van der Waals surface area contributed by atoms with Gasteiger partial charge in [0, 0.05) is 17.6 Å². The molecule has 0 aliphatic rings. The van der Waals surface area contributed by atoms with Crippen molar-refractivity contribution in [1.29, 1.82) is 0 Å². The Morgan fingerprint density at radius 2 is 1.87 bits per heavy atom. The Bertz CT molecular complexity index is 1580. The summed E-state index contributed by atoms with van der Waals surface area (Å²) in [5, 5.41) is 2.93. The van der Waals surface area contributed by atoms with E-state index in [2.05, 4.69) is 17.0 Å². The van der Waals surface area contributed by atoms with Crippen molar-refractivity contribution in [3.05, 3.63) is 80.5 Å². The fraction of sp³-hybridized carbons (Fsp3) is 0.233. The third-order valence-electron chi connectivity index (χ3n) is 5.72. The molecule has 0 aliphatic carbocycles. The van der Waals surface area contributed by atoms with Gasteiger partial charge in [0.15, 0.2) is 12.0 Å². The minimum atomic E-state index is -0.722. The number of thiophene rings is 1. The molecule has 2 heterocycles. The predicted octanol–water partition coefficient (Wildman–Crippen LogP) is 6.40. The number of anilines is 1. The van der Waals surface area contributed by atoms with Crippen LogP contribution in [0.2, 0.25) is 0 Å². The van der Waals surface area contributed by atoms with E-state index in [1.807, 2.05) is 70.1 Å². The normalized spacial score (nSPS) is 10.4. The lowest BCUT2D eigenvalue weighted by molar-refractivity contribution is 0.105. The molecule has 0 aliphatic heterocycles. The standard InChI is InChI=1S/C27H22N2O4S2.C3H9N/c1-5-23(31)20-14-29(22-13-19(15-30)35-27(22)25(20)32)21-12-18(28-34-6-2)10-11-24(21)33-26-16(3)8-7-9-17(26)4;1-3-4-2/h1,7-15,28H,6H2,2-4H3;4H,3H2,1-2H3. The molecule has 2 aromatic carbocycles. The SMILES string of the molecule is C#CC(=O)c1cn(-c2cc(NSCC)ccc2Oc2c(C)cccc2C)c2cc(C=O)sc2c1=O.CCNC. The number of para-hydroxylation sites is 1. The number of nitrogens with zero attached hydrogens (tertiary/aromatic N) is 1. The lowest BCUT2D eigenvalue weighted by atomic mass is 10.1. The number of aromatic nitrogens is 1. The van der Waals surface area contributed by atoms with E-state index in [0.717, 1.165) is 40.4 Å². The molecule has 4 aromatic rings. The number of hydrogen-bond acceptors (Lipinski definition) is 8. The molecular formula is C30H31N3O4S2. The van der Waals surface area contributed by atoms with Crippen LogP contribution >= 0.6 is 23.3 Å². The fourth-order valence-electron chi connectivity index (χ4n) is 3.70. The molecule has 39 heavy (non-hydrogen) atoms. The quantitative estimate of drug-likeness (QED) is 0.0804. The van der Waals surface area contributed by atoms with Crippen LogP contribution in [0.5, 0.6) is 11.5 Å². The molecule has 202 valence electrons. The topological polar surface area (TPSA) is 89.4 Å². The lowest BCUT2D eigenvalue weighted by Crippen LogP contribution is -2.17. The molecule has 2 N–H and O–H groups in total. The summed E-state index contributed by atoms with van der Waals surface area (Å²) in [7, 11) is 1.93. The number of rotatable bonds is 9. The third-order valence-corrected chi connectivity index (χ3v) is 7.44. The van der Waals surface area contributed by atoms with E-state index in [-0.39, 0.29) is 10.3 Å². The van der Waals surface area contributed by atoms with Crippen molar-refractivity contribution < 1.29 is 14.3 Å². The molecule has 9 heteroatoms. The minimum Gasteiger partial charge on any atom is -0.455 e. The van der Waals surface area contributed by atoms with Gasteiger partial charge in [0.1, 0.15) is 10.4 Å². The Hall–Kier alpha value is -3.84. The number of Topliss-reactive ketones (excluding diaryl/α,β-unsaturated/α-hetero) is 1. The highest BCUT2D eigenvalue weighted by Crippen LogP contribution is 2.36. The molecule has 0 saturated heterocycles. The van der Waals surface area contributed by atoms with Crippen LogP contribution in [0.4, 0.5) is 5.69 Å². The zero-order valence-electron chi connectivity index (χ0n) is 22.6. The first-order valence-electron chi connectivity index (χ1n) is 12.4. The maximum atomic E-state index is 13.0. The molecular weight excluding hydrogens is 530 g/mol. The molecule has 2 aromatic heterocycles. The Morgan fingerprint density at radius 3 is 2.46 bits per heavy atom. The van der Waals surface area contributed by atoms with Crippen LogP contribution in [0.15, 0.2) is 53.5 Å². The summed E-state index contributed by atoms with van der Waals surface area (Å²) >= 11 is 2.56. The van der Waals surface area contributed by atoms with Crippen molar-refractivity contribution in [3.8, 4) is 29.5 Å². The highest BCUT2D eigenvalue weighted by atomic mass is 32.2. The van der Waals surface area contributed by atoms with Crippen molar-refractivity contribution in [1.82, 2.24) is 9.88 Å². The van der Waals surface area contributed by atoms with Crippen LogP contribution in [0.3, 0.4) is 0 Å². The van der Waals surface area contributed by atoms with Gasteiger partial charge in [-0.1, -0.05) is 44.0 Å². The van der Waals surface area contributed by atoms with E-state index in [1.165, 1.54) is 18.1 Å². The summed E-state index contributed by atoms with van der Waals surface area (Å²) in [4.78, 5) is 37.4. The van der Waals surface area contributed by atoms with Crippen molar-refractivity contribution in [2.24, 2.45) is 0 Å². The van der Waals surface area contributed by atoms with Crippen LogP contribution in [0.1, 0.15) is 45.0 Å². The second kappa shape index (κ2) is 13.8. The van der Waals surface area contributed by atoms with Gasteiger partial charge in [-0.15, -0.1) is 17.8 Å². The summed E-state index contributed by atoms with van der Waals surface area (Å²) in [6, 6.07) is 13.1. The molecule has 0 fully saturated rings. The van der Waals surface area contributed by atoms with Gasteiger partial charge >= 0.3 is 0 Å². The number of fused-ring (bicyclic) bond motifs is 1. The average Bonchev–Trinajstić information content (AvgIpc) is 3.40. The summed E-state index contributed by atoms with van der Waals surface area (Å²) in [5.41, 5.74) is 3.17. The van der Waals surface area contributed by atoms with E-state index in [1.54, 1.807) is 10.6 Å². The molecule has 0 saturated carbocycles. The first kappa shape index (κ1) is 29.7. The van der Waals surface area contributed by atoms with E-state index in [0.29, 0.717) is 33.9 Å². The number of benzene rings is 2. The highest BCUT2D eigenvalue weighted by molar-refractivity contribution is 8.00. The van der Waals surface area contributed by atoms with Gasteiger partial charge in [-0.2, -0.15) is 0 Å². The maximum Gasteiger partial charge on any atom is 0.241 e. The highest BCUT2D eigenvalue weighted by Gasteiger charge is 2.20. The first-order valence-corrected chi connectivity index (χ1v) is 14.2. The van der Waals surface area contributed by atoms with Gasteiger partial charge in [-0.05, 0) is 68.8 Å². The predicted molar refractivity (Wildman–Crippen MR) is 163 cm³/mol. The van der Waals surface area contributed by atoms with Crippen LogP contribution in [-0.4, -0.2) is 36.0 Å². The number of ketones is 1. The summed E-state index contributed by atoms with van der Waals surface area (Å²) < 4.78 is 11.6. The van der Waals surface area contributed by atoms with E-state index >= 15 is 0 Å². The van der Waals surface area contributed by atoms with E-state index in [4.69, 9.17) is 11.2 Å². The second-order valence-corrected chi connectivity index (χ2v) is 10.6. The van der Waals surface area contributed by atoms with Crippen molar-refractivity contribution in [2.45, 2.75) is 27.7 Å². The molecule has 4 rings (SSSR count). The number of aryl methyl sites for hydroxylation is 2. The Kier molecular flexibility index (Phi) is 10.5. The second-order valence-electron chi connectivity index (χ2n) is 8.44. The summed E-state index contributed by atoms with van der Waals surface area (Å²) in [6.45, 7) is 9.10. The van der Waals surface area contributed by atoms with Crippen LogP contribution < -0.4 is 20.2 Å². The number of pyridine rings is 1. The summed E-state index contributed by atoms with van der Waals surface area (Å²) in [6.07, 6.45) is 7.45. The van der Waals surface area contributed by atoms with Crippen LogP contribution in [-0.2, 0) is 0 Å². The molecule has 0 radical (unpaired) electrons. The molecule has 0 bridgehead atoms. The van der Waals surface area contributed by atoms with Crippen molar-refractivity contribution >= 4 is 51.3 Å². The summed E-state index contributed by atoms with van der Waals surface area (Å²) in [5.74, 6) is 3.39. The van der Waals surface area contributed by atoms with Gasteiger partial charge in [0.25, 0.3) is 0 Å². The molecule has 0 atom stereocenters. The number of terminal acetylenes is 1. The smallest absolute Gasteiger partial charge is 0.241 e. The first-order chi connectivity index (χ1) is 18.8. The number of carbonyl (C=O) groups excluding carboxylic acids is 2. The zero-order chi connectivity index (χ0) is 28.5. The van der Waals surface area contributed by atoms with Crippen LogP contribution in [0.25, 0.3) is 15.9 Å². The molecule has 0 unspecified atom stereocenters. The molecule has 0 spiro atoms. The number of nitrogens with one attached hydrogen (secondary N) is 2. The Morgan fingerprint density at radius 1 is 1.18 bits per heavy atom. The minimum absolute atomic E-state index is 0.140. The van der Waals surface area contributed by atoms with Crippen LogP contribution in [0, 0.1) is 26.2 Å². The number of ether oxygens (including phenoxy) is 1. The Balaban J connectivity index is 0.000000983. The van der Waals surface area contributed by atoms with E-state index in [9.17, 15) is 14.4 Å². The fourth-order valence-corrected chi connectivity index (χ4v) is 5.06. The maximum absolute atomic E-state index is 13.0. The molecule has 7 nitrogen and oxygen atoms in total. The largest absolute Gasteiger partial charge is 0.455 e. The van der Waals surface area contributed by atoms with Gasteiger partial charge in [-0.3, -0.25) is 14.4 Å². The van der Waals surface area contributed by atoms with Gasteiger partial charge < -0.3 is 19.3 Å². The number of carbonyl (C=O) groups is 2. The van der Waals surface area contributed by atoms with Gasteiger partial charge in [-0.25, -0.2) is 0 Å². The van der Waals surface area contributed by atoms with Crippen molar-refractivity contribution in [3.63, 3.8) is 0 Å². The average molecular weight is 562 g/mol. The monoisotopic (exact) mass is 561 g/mol. The number of hydrogen-bond donors (Lipinski definition) is 2. The lowest BCUT2D eigenvalue weighted by Gasteiger charge is -2.19.